The summed E-state index contributed by atoms with van der Waals surface area (Å²) in [6.07, 6.45) is 1.94. The van der Waals surface area contributed by atoms with E-state index in [0.717, 1.165) is 11.3 Å². The SMILES string of the molecule is CNCc1ccc(OC)c(S(=O)(=O)NC(C)CSC)c1. The molecule has 2 N–H and O–H groups in total. The fourth-order valence-corrected chi connectivity index (χ4v) is 4.01. The van der Waals surface area contributed by atoms with Crippen molar-refractivity contribution in [3.05, 3.63) is 23.8 Å². The zero-order chi connectivity index (χ0) is 15.2. The number of hydrogen-bond donors (Lipinski definition) is 2. The topological polar surface area (TPSA) is 67.4 Å². The molecule has 0 aliphatic rings. The molecule has 1 aromatic rings. The number of ether oxygens (including phenoxy) is 1. The number of benzene rings is 1. The van der Waals surface area contributed by atoms with E-state index in [4.69, 9.17) is 4.74 Å². The largest absolute Gasteiger partial charge is 0.495 e. The lowest BCUT2D eigenvalue weighted by Gasteiger charge is -2.16. The van der Waals surface area contributed by atoms with Crippen LogP contribution in [0.5, 0.6) is 5.75 Å². The quantitative estimate of drug-likeness (QED) is 0.759. The Morgan fingerprint density at radius 3 is 2.65 bits per heavy atom. The summed E-state index contributed by atoms with van der Waals surface area (Å²) >= 11 is 1.60. The van der Waals surface area contributed by atoms with Crippen LogP contribution in [0.25, 0.3) is 0 Å². The van der Waals surface area contributed by atoms with Crippen LogP contribution in [0.2, 0.25) is 0 Å². The number of rotatable bonds is 8. The van der Waals surface area contributed by atoms with Crippen molar-refractivity contribution < 1.29 is 13.2 Å². The van der Waals surface area contributed by atoms with Crippen molar-refractivity contribution in [1.29, 1.82) is 0 Å². The summed E-state index contributed by atoms with van der Waals surface area (Å²) in [5.74, 6) is 1.08. The minimum absolute atomic E-state index is 0.132. The zero-order valence-corrected chi connectivity index (χ0v) is 13.9. The summed E-state index contributed by atoms with van der Waals surface area (Å²) in [6.45, 7) is 2.45. The first-order chi connectivity index (χ1) is 9.44. The Bertz CT molecular complexity index is 532. The van der Waals surface area contributed by atoms with Crippen LogP contribution in [-0.2, 0) is 16.6 Å². The molecule has 0 amide bonds. The third-order valence-corrected chi connectivity index (χ3v) is 5.12. The molecule has 0 saturated carbocycles. The van der Waals surface area contributed by atoms with E-state index in [9.17, 15) is 8.42 Å². The molecule has 0 fully saturated rings. The second-order valence-electron chi connectivity index (χ2n) is 4.49. The van der Waals surface area contributed by atoms with Crippen LogP contribution < -0.4 is 14.8 Å². The molecule has 1 unspecified atom stereocenters. The summed E-state index contributed by atoms with van der Waals surface area (Å²) in [7, 11) is -0.295. The van der Waals surface area contributed by atoms with E-state index in [0.29, 0.717) is 12.3 Å². The maximum Gasteiger partial charge on any atom is 0.244 e. The summed E-state index contributed by atoms with van der Waals surface area (Å²) < 4.78 is 32.7. The number of nitrogens with one attached hydrogen (secondary N) is 2. The van der Waals surface area contributed by atoms with E-state index in [2.05, 4.69) is 10.0 Å². The van der Waals surface area contributed by atoms with Crippen molar-refractivity contribution in [2.45, 2.75) is 24.4 Å². The molecule has 0 heterocycles. The van der Waals surface area contributed by atoms with Gasteiger partial charge in [-0.1, -0.05) is 6.07 Å². The number of sulfonamides is 1. The Morgan fingerprint density at radius 2 is 2.10 bits per heavy atom. The van der Waals surface area contributed by atoms with E-state index in [-0.39, 0.29) is 10.9 Å². The molecule has 0 aromatic heterocycles. The van der Waals surface area contributed by atoms with Crippen molar-refractivity contribution in [3.8, 4) is 5.75 Å². The summed E-state index contributed by atoms with van der Waals surface area (Å²) in [5, 5.41) is 3.00. The molecule has 1 atom stereocenters. The molecule has 0 radical (unpaired) electrons. The lowest BCUT2D eigenvalue weighted by molar-refractivity contribution is 0.402. The minimum atomic E-state index is -3.58. The first kappa shape index (κ1) is 17.3. The highest BCUT2D eigenvalue weighted by atomic mass is 32.2. The molecule has 20 heavy (non-hydrogen) atoms. The van der Waals surface area contributed by atoms with Crippen molar-refractivity contribution in [2.24, 2.45) is 0 Å². The molecule has 5 nitrogen and oxygen atoms in total. The molecule has 114 valence electrons. The third kappa shape index (κ3) is 4.66. The van der Waals surface area contributed by atoms with Crippen molar-refractivity contribution in [3.63, 3.8) is 0 Å². The van der Waals surface area contributed by atoms with Crippen LogP contribution in [0.1, 0.15) is 12.5 Å². The molecule has 0 saturated heterocycles. The van der Waals surface area contributed by atoms with E-state index < -0.39 is 10.0 Å². The maximum absolute atomic E-state index is 12.4. The number of methoxy groups -OCH3 is 1. The first-order valence-corrected chi connectivity index (χ1v) is 9.15. The van der Waals surface area contributed by atoms with Gasteiger partial charge in [0.05, 0.1) is 7.11 Å². The fourth-order valence-electron chi connectivity index (χ4n) is 1.86. The van der Waals surface area contributed by atoms with Gasteiger partial charge in [0.15, 0.2) is 0 Å². The minimum Gasteiger partial charge on any atom is -0.495 e. The van der Waals surface area contributed by atoms with E-state index >= 15 is 0 Å². The highest BCUT2D eigenvalue weighted by Gasteiger charge is 2.22. The van der Waals surface area contributed by atoms with Crippen LogP contribution in [0.4, 0.5) is 0 Å². The van der Waals surface area contributed by atoms with E-state index in [1.165, 1.54) is 7.11 Å². The molecule has 0 bridgehead atoms. The van der Waals surface area contributed by atoms with Gasteiger partial charge < -0.3 is 10.1 Å². The molecule has 0 aliphatic heterocycles. The fraction of sp³-hybridized carbons (Fsp3) is 0.538. The van der Waals surface area contributed by atoms with E-state index in [1.807, 2.05) is 26.3 Å². The Kier molecular flexibility index (Phi) is 6.81. The number of hydrogen-bond acceptors (Lipinski definition) is 5. The molecule has 0 spiro atoms. The van der Waals surface area contributed by atoms with Crippen LogP contribution in [0.3, 0.4) is 0 Å². The Balaban J connectivity index is 3.11. The maximum atomic E-state index is 12.4. The average molecular weight is 318 g/mol. The van der Waals surface area contributed by atoms with Gasteiger partial charge >= 0.3 is 0 Å². The first-order valence-electron chi connectivity index (χ1n) is 6.27. The summed E-state index contributed by atoms with van der Waals surface area (Å²) in [6, 6.07) is 5.04. The summed E-state index contributed by atoms with van der Waals surface area (Å²) in [4.78, 5) is 0.181. The van der Waals surface area contributed by atoms with Gasteiger partial charge in [0.25, 0.3) is 0 Å². The van der Waals surface area contributed by atoms with Gasteiger partial charge in [0, 0.05) is 18.3 Å². The average Bonchev–Trinajstić information content (AvgIpc) is 2.38. The van der Waals surface area contributed by atoms with Gasteiger partial charge in [-0.05, 0) is 37.9 Å². The third-order valence-electron chi connectivity index (χ3n) is 2.67. The van der Waals surface area contributed by atoms with E-state index in [1.54, 1.807) is 23.9 Å². The van der Waals surface area contributed by atoms with Crippen LogP contribution in [0.15, 0.2) is 23.1 Å². The van der Waals surface area contributed by atoms with Gasteiger partial charge in [-0.15, -0.1) is 0 Å². The van der Waals surface area contributed by atoms with Gasteiger partial charge in [0.2, 0.25) is 10.0 Å². The lowest BCUT2D eigenvalue weighted by Crippen LogP contribution is -2.34. The molecule has 1 rings (SSSR count). The van der Waals surface area contributed by atoms with Crippen molar-refractivity contribution in [2.75, 3.05) is 26.2 Å². The molecular weight excluding hydrogens is 296 g/mol. The highest BCUT2D eigenvalue weighted by molar-refractivity contribution is 7.98. The highest BCUT2D eigenvalue weighted by Crippen LogP contribution is 2.25. The Hall–Kier alpha value is -0.760. The Morgan fingerprint density at radius 1 is 1.40 bits per heavy atom. The molecular formula is C13H22N2O3S2. The van der Waals surface area contributed by atoms with Crippen molar-refractivity contribution in [1.82, 2.24) is 10.0 Å². The lowest BCUT2D eigenvalue weighted by atomic mass is 10.2. The number of thioether (sulfide) groups is 1. The van der Waals surface area contributed by atoms with Crippen LogP contribution in [-0.4, -0.2) is 40.6 Å². The van der Waals surface area contributed by atoms with Crippen LogP contribution >= 0.6 is 11.8 Å². The van der Waals surface area contributed by atoms with Crippen LogP contribution in [0, 0.1) is 0 Å². The second kappa shape index (κ2) is 7.87. The van der Waals surface area contributed by atoms with Gasteiger partial charge in [-0.3, -0.25) is 0 Å². The Labute approximate surface area is 125 Å². The molecule has 0 aliphatic carbocycles. The smallest absolute Gasteiger partial charge is 0.244 e. The van der Waals surface area contributed by atoms with Crippen molar-refractivity contribution >= 4 is 21.8 Å². The van der Waals surface area contributed by atoms with Gasteiger partial charge in [0.1, 0.15) is 10.6 Å². The van der Waals surface area contributed by atoms with Gasteiger partial charge in [-0.25, -0.2) is 13.1 Å². The predicted octanol–water partition coefficient (Wildman–Crippen LogP) is 1.44. The monoisotopic (exact) mass is 318 g/mol. The normalized spacial score (nSPS) is 13.2. The van der Waals surface area contributed by atoms with Gasteiger partial charge in [-0.2, -0.15) is 11.8 Å². The predicted molar refractivity (Wildman–Crippen MR) is 83.9 cm³/mol. The summed E-state index contributed by atoms with van der Waals surface area (Å²) in [5.41, 5.74) is 0.895. The molecule has 7 heteroatoms. The standard InChI is InChI=1S/C13H22N2O3S2/c1-10(9-19-4)15-20(16,17)13-7-11(8-14-2)5-6-12(13)18-3/h5-7,10,14-15H,8-9H2,1-4H3. The zero-order valence-electron chi connectivity index (χ0n) is 12.3. The molecule has 1 aromatic carbocycles. The second-order valence-corrected chi connectivity index (χ2v) is 7.09.